The Balaban J connectivity index is 1.84. The van der Waals surface area contributed by atoms with Gasteiger partial charge in [-0.3, -0.25) is 4.90 Å². The van der Waals surface area contributed by atoms with Gasteiger partial charge in [-0.1, -0.05) is 25.7 Å². The van der Waals surface area contributed by atoms with Crippen LogP contribution in [-0.2, 0) is 0 Å². The minimum absolute atomic E-state index is 0.759. The highest BCUT2D eigenvalue weighted by Gasteiger charge is 2.28. The molecule has 1 aliphatic heterocycles. The van der Waals surface area contributed by atoms with Crippen LogP contribution in [-0.4, -0.2) is 62.2 Å². The molecule has 3 nitrogen and oxygen atoms in total. The van der Waals surface area contributed by atoms with Gasteiger partial charge in [-0.15, -0.1) is 0 Å². The summed E-state index contributed by atoms with van der Waals surface area (Å²) in [6.07, 6.45) is 10.0. The number of nitrogens with one attached hydrogen (secondary N) is 1. The molecule has 1 aliphatic carbocycles. The van der Waals surface area contributed by atoms with Gasteiger partial charge in [-0.2, -0.15) is 0 Å². The van der Waals surface area contributed by atoms with E-state index < -0.39 is 0 Å². The average molecular weight is 253 g/mol. The molecule has 1 saturated heterocycles. The lowest BCUT2D eigenvalue weighted by Gasteiger charge is -2.43. The van der Waals surface area contributed by atoms with Gasteiger partial charge in [0.15, 0.2) is 0 Å². The topological polar surface area (TPSA) is 18.5 Å². The molecule has 2 fully saturated rings. The van der Waals surface area contributed by atoms with Crippen LogP contribution in [0.15, 0.2) is 0 Å². The third kappa shape index (κ3) is 3.94. The number of likely N-dealkylation sites (N-methyl/N-ethyl adjacent to an activating group) is 1. The van der Waals surface area contributed by atoms with Crippen molar-refractivity contribution in [1.82, 2.24) is 15.1 Å². The Hall–Kier alpha value is -0.120. The third-order valence-electron chi connectivity index (χ3n) is 4.88. The Morgan fingerprint density at radius 3 is 2.44 bits per heavy atom. The van der Waals surface area contributed by atoms with E-state index in [9.17, 15) is 0 Å². The van der Waals surface area contributed by atoms with Gasteiger partial charge in [0.2, 0.25) is 0 Å². The second kappa shape index (κ2) is 7.46. The Kier molecular flexibility index (Phi) is 5.93. The molecule has 0 aromatic carbocycles. The summed E-state index contributed by atoms with van der Waals surface area (Å²) in [6, 6.07) is 1.65. The minimum Gasteiger partial charge on any atom is -0.320 e. The summed E-state index contributed by atoms with van der Waals surface area (Å²) in [5, 5.41) is 3.29. The first-order valence-corrected chi connectivity index (χ1v) is 7.90. The third-order valence-corrected chi connectivity index (χ3v) is 4.88. The van der Waals surface area contributed by atoms with Crippen LogP contribution in [0.2, 0.25) is 0 Å². The van der Waals surface area contributed by atoms with E-state index in [1.54, 1.807) is 0 Å². The van der Waals surface area contributed by atoms with E-state index in [-0.39, 0.29) is 0 Å². The summed E-state index contributed by atoms with van der Waals surface area (Å²) in [5.74, 6) is 0. The van der Waals surface area contributed by atoms with Crippen LogP contribution in [0, 0.1) is 0 Å². The van der Waals surface area contributed by atoms with E-state index in [4.69, 9.17) is 0 Å². The fraction of sp³-hybridized carbons (Fsp3) is 1.00. The quantitative estimate of drug-likeness (QED) is 0.773. The molecule has 18 heavy (non-hydrogen) atoms. The van der Waals surface area contributed by atoms with Gasteiger partial charge in [0.1, 0.15) is 0 Å². The number of hydrogen-bond acceptors (Lipinski definition) is 3. The standard InChI is InChI=1S/C15H31N3/c1-16-10-9-15-13-18(12-11-17(15)2)14-7-5-3-4-6-8-14/h14-16H,3-13H2,1-2H3. The lowest BCUT2D eigenvalue weighted by Crippen LogP contribution is -2.54. The molecule has 0 radical (unpaired) electrons. The molecule has 1 heterocycles. The van der Waals surface area contributed by atoms with Crippen molar-refractivity contribution in [2.24, 2.45) is 0 Å². The van der Waals surface area contributed by atoms with E-state index in [1.165, 1.54) is 64.6 Å². The maximum Gasteiger partial charge on any atom is 0.0232 e. The summed E-state index contributed by atoms with van der Waals surface area (Å²) < 4.78 is 0. The molecule has 106 valence electrons. The summed E-state index contributed by atoms with van der Waals surface area (Å²) in [5.41, 5.74) is 0. The van der Waals surface area contributed by atoms with Crippen LogP contribution < -0.4 is 5.32 Å². The number of nitrogens with zero attached hydrogens (tertiary/aromatic N) is 2. The number of piperazine rings is 1. The van der Waals surface area contributed by atoms with E-state index in [1.807, 2.05) is 0 Å². The van der Waals surface area contributed by atoms with E-state index in [0.29, 0.717) is 0 Å². The maximum absolute atomic E-state index is 3.29. The predicted octanol–water partition coefficient (Wildman–Crippen LogP) is 1.93. The van der Waals surface area contributed by atoms with Gasteiger partial charge >= 0.3 is 0 Å². The highest BCUT2D eigenvalue weighted by atomic mass is 15.3. The van der Waals surface area contributed by atoms with Crippen LogP contribution in [0.4, 0.5) is 0 Å². The normalized spacial score (nSPS) is 29.3. The number of rotatable bonds is 4. The van der Waals surface area contributed by atoms with Gasteiger partial charge in [-0.25, -0.2) is 0 Å². The number of hydrogen-bond donors (Lipinski definition) is 1. The van der Waals surface area contributed by atoms with Crippen molar-refractivity contribution in [3.05, 3.63) is 0 Å². The van der Waals surface area contributed by atoms with E-state index >= 15 is 0 Å². The SMILES string of the molecule is CNCCC1CN(C2CCCCCC2)CCN1C. The van der Waals surface area contributed by atoms with Gasteiger partial charge in [-0.05, 0) is 39.9 Å². The summed E-state index contributed by atoms with van der Waals surface area (Å²) in [7, 11) is 4.36. The van der Waals surface area contributed by atoms with E-state index in [2.05, 4.69) is 29.2 Å². The highest BCUT2D eigenvalue weighted by Crippen LogP contribution is 2.24. The first-order chi connectivity index (χ1) is 8.81. The lowest BCUT2D eigenvalue weighted by molar-refractivity contribution is 0.0554. The van der Waals surface area contributed by atoms with Gasteiger partial charge in [0, 0.05) is 31.7 Å². The first kappa shape index (κ1) is 14.3. The Bertz CT molecular complexity index is 224. The largest absolute Gasteiger partial charge is 0.320 e. The summed E-state index contributed by atoms with van der Waals surface area (Å²) in [6.45, 7) is 4.98. The fourth-order valence-electron chi connectivity index (χ4n) is 3.55. The maximum atomic E-state index is 3.29. The molecule has 0 aromatic heterocycles. The molecule has 2 rings (SSSR count). The molecule has 0 amide bonds. The molecule has 0 spiro atoms. The predicted molar refractivity (Wildman–Crippen MR) is 78.0 cm³/mol. The molecule has 1 N–H and O–H groups in total. The molecule has 0 aromatic rings. The Labute approximate surface area is 113 Å². The van der Waals surface area contributed by atoms with Gasteiger partial charge in [0.25, 0.3) is 0 Å². The molecule has 3 heteroatoms. The first-order valence-electron chi connectivity index (χ1n) is 7.90. The van der Waals surface area contributed by atoms with Crippen molar-refractivity contribution in [2.45, 2.75) is 57.0 Å². The zero-order valence-corrected chi connectivity index (χ0v) is 12.3. The second-order valence-corrected chi connectivity index (χ2v) is 6.17. The zero-order chi connectivity index (χ0) is 12.8. The molecule has 1 unspecified atom stereocenters. The van der Waals surface area contributed by atoms with Crippen molar-refractivity contribution in [3.63, 3.8) is 0 Å². The van der Waals surface area contributed by atoms with Gasteiger partial charge in [0.05, 0.1) is 0 Å². The molecular weight excluding hydrogens is 222 g/mol. The van der Waals surface area contributed by atoms with Crippen molar-refractivity contribution < 1.29 is 0 Å². The van der Waals surface area contributed by atoms with Crippen molar-refractivity contribution in [1.29, 1.82) is 0 Å². The summed E-state index contributed by atoms with van der Waals surface area (Å²) in [4.78, 5) is 5.36. The monoisotopic (exact) mass is 253 g/mol. The van der Waals surface area contributed by atoms with Crippen LogP contribution in [0.5, 0.6) is 0 Å². The molecule has 0 bridgehead atoms. The van der Waals surface area contributed by atoms with Crippen LogP contribution >= 0.6 is 0 Å². The summed E-state index contributed by atoms with van der Waals surface area (Å²) >= 11 is 0. The lowest BCUT2D eigenvalue weighted by atomic mass is 10.0. The molecule has 1 saturated carbocycles. The van der Waals surface area contributed by atoms with Crippen molar-refractivity contribution >= 4 is 0 Å². The van der Waals surface area contributed by atoms with Crippen molar-refractivity contribution in [3.8, 4) is 0 Å². The van der Waals surface area contributed by atoms with Crippen molar-refractivity contribution in [2.75, 3.05) is 40.3 Å². The highest BCUT2D eigenvalue weighted by molar-refractivity contribution is 4.85. The smallest absolute Gasteiger partial charge is 0.0232 e. The second-order valence-electron chi connectivity index (χ2n) is 6.17. The average Bonchev–Trinajstić information content (AvgIpc) is 2.67. The van der Waals surface area contributed by atoms with Crippen LogP contribution in [0.3, 0.4) is 0 Å². The van der Waals surface area contributed by atoms with Crippen LogP contribution in [0.1, 0.15) is 44.9 Å². The molecule has 2 aliphatic rings. The van der Waals surface area contributed by atoms with Crippen LogP contribution in [0.25, 0.3) is 0 Å². The van der Waals surface area contributed by atoms with E-state index in [0.717, 1.165) is 18.6 Å². The zero-order valence-electron chi connectivity index (χ0n) is 12.3. The Morgan fingerprint density at radius 1 is 1.06 bits per heavy atom. The van der Waals surface area contributed by atoms with Gasteiger partial charge < -0.3 is 10.2 Å². The molecular formula is C15H31N3. The minimum atomic E-state index is 0.759. The Morgan fingerprint density at radius 2 is 1.78 bits per heavy atom. The molecule has 1 atom stereocenters. The fourth-order valence-corrected chi connectivity index (χ4v) is 3.55.